The molecule has 1 aliphatic rings. The highest BCUT2D eigenvalue weighted by Gasteiger charge is 2.24. The van der Waals surface area contributed by atoms with Crippen LogP contribution < -0.4 is 5.32 Å². The minimum atomic E-state index is -0.556. The van der Waals surface area contributed by atoms with E-state index in [1.165, 1.54) is 17.5 Å². The fraction of sp³-hybridized carbons (Fsp3) is 0.375. The van der Waals surface area contributed by atoms with Crippen molar-refractivity contribution in [2.75, 3.05) is 0 Å². The summed E-state index contributed by atoms with van der Waals surface area (Å²) >= 11 is 6.26. The zero-order chi connectivity index (χ0) is 14.7. The lowest BCUT2D eigenvalue weighted by molar-refractivity contribution is 0.237. The maximum atomic E-state index is 12.4. The average molecular weight is 304 g/mol. The van der Waals surface area contributed by atoms with Gasteiger partial charge < -0.3 is 5.32 Å². The maximum Gasteiger partial charge on any atom is 0.343 e. The summed E-state index contributed by atoms with van der Waals surface area (Å²) in [7, 11) is 0. The third-order valence-corrected chi connectivity index (χ3v) is 4.34. The first kappa shape index (κ1) is 14.1. The molecule has 1 aromatic heterocycles. The van der Waals surface area contributed by atoms with Gasteiger partial charge in [0.2, 0.25) is 0 Å². The summed E-state index contributed by atoms with van der Waals surface area (Å²) in [4.78, 5) is 12.4. The lowest BCUT2D eigenvalue weighted by atomic mass is 10.0. The van der Waals surface area contributed by atoms with Crippen LogP contribution in [0, 0.1) is 0 Å². The molecule has 3 rings (SSSR count). The number of halogens is 1. The number of carbonyl (C=O) groups excluding carboxylic acids is 1. The second kappa shape index (κ2) is 6.31. The van der Waals surface area contributed by atoms with Crippen LogP contribution in [-0.4, -0.2) is 15.8 Å². The van der Waals surface area contributed by atoms with Gasteiger partial charge in [-0.15, -0.1) is 0 Å². The molecular formula is C16H18ClN3O. The Bertz CT molecular complexity index is 605. The molecule has 0 radical (unpaired) electrons. The Morgan fingerprint density at radius 3 is 2.67 bits per heavy atom. The molecule has 2 aromatic rings. The van der Waals surface area contributed by atoms with E-state index in [0.717, 1.165) is 24.1 Å². The van der Waals surface area contributed by atoms with Crippen LogP contribution in [0.1, 0.15) is 48.4 Å². The van der Waals surface area contributed by atoms with Gasteiger partial charge >= 0.3 is 6.03 Å². The van der Waals surface area contributed by atoms with Gasteiger partial charge in [-0.25, -0.2) is 4.79 Å². The smallest absolute Gasteiger partial charge is 0.316 e. The molecule has 1 fully saturated rings. The lowest BCUT2D eigenvalue weighted by Gasteiger charge is -2.15. The first-order valence-corrected chi connectivity index (χ1v) is 7.73. The standard InChI is InChI=1S/C16H18ClN3O/c17-15(13-8-2-1-3-9-13)19-16(21)20-14(10-11-18-20)12-6-4-5-7-12/h1-3,8-12,15H,4-7H2,(H,19,21). The van der Waals surface area contributed by atoms with Gasteiger partial charge in [-0.2, -0.15) is 9.78 Å². The van der Waals surface area contributed by atoms with Gasteiger partial charge in [0.1, 0.15) is 5.50 Å². The number of aromatic nitrogens is 2. The number of amides is 1. The molecule has 1 saturated carbocycles. The molecule has 1 unspecified atom stereocenters. The van der Waals surface area contributed by atoms with Crippen LogP contribution in [0.5, 0.6) is 0 Å². The van der Waals surface area contributed by atoms with Crippen molar-refractivity contribution in [3.63, 3.8) is 0 Å². The van der Waals surface area contributed by atoms with Crippen LogP contribution in [0.15, 0.2) is 42.6 Å². The molecule has 5 heteroatoms. The van der Waals surface area contributed by atoms with E-state index >= 15 is 0 Å². The molecule has 1 heterocycles. The number of nitrogens with one attached hydrogen (secondary N) is 1. The number of hydrogen-bond donors (Lipinski definition) is 1. The van der Waals surface area contributed by atoms with Gasteiger partial charge in [-0.1, -0.05) is 54.8 Å². The highest BCUT2D eigenvalue weighted by Crippen LogP contribution is 2.33. The number of benzene rings is 1. The van der Waals surface area contributed by atoms with E-state index in [2.05, 4.69) is 10.4 Å². The second-order valence-corrected chi connectivity index (χ2v) is 5.81. The summed E-state index contributed by atoms with van der Waals surface area (Å²) in [6, 6.07) is 11.1. The minimum Gasteiger partial charge on any atom is -0.316 e. The van der Waals surface area contributed by atoms with Crippen molar-refractivity contribution in [2.45, 2.75) is 37.1 Å². The number of rotatable bonds is 3. The minimum absolute atomic E-state index is 0.272. The van der Waals surface area contributed by atoms with Crippen molar-refractivity contribution in [3.05, 3.63) is 53.9 Å². The normalized spacial score (nSPS) is 16.8. The molecule has 110 valence electrons. The monoisotopic (exact) mass is 303 g/mol. The molecule has 1 aromatic carbocycles. The second-order valence-electron chi connectivity index (χ2n) is 5.37. The summed E-state index contributed by atoms with van der Waals surface area (Å²) in [5, 5.41) is 6.94. The summed E-state index contributed by atoms with van der Waals surface area (Å²) in [5.41, 5.74) is 1.29. The van der Waals surface area contributed by atoms with Gasteiger partial charge in [0.25, 0.3) is 0 Å². The van der Waals surface area contributed by atoms with Gasteiger partial charge in [0, 0.05) is 12.1 Å². The lowest BCUT2D eigenvalue weighted by Crippen LogP contribution is -2.32. The van der Waals surface area contributed by atoms with Crippen LogP contribution >= 0.6 is 11.6 Å². The summed E-state index contributed by atoms with van der Waals surface area (Å²) in [5.74, 6) is 0.434. The van der Waals surface area contributed by atoms with Crippen molar-refractivity contribution in [1.82, 2.24) is 15.1 Å². The van der Waals surface area contributed by atoms with Crippen LogP contribution in [0.4, 0.5) is 4.79 Å². The van der Waals surface area contributed by atoms with E-state index in [0.29, 0.717) is 5.92 Å². The zero-order valence-corrected chi connectivity index (χ0v) is 12.5. The molecule has 0 aliphatic heterocycles. The first-order valence-electron chi connectivity index (χ1n) is 7.29. The van der Waals surface area contributed by atoms with E-state index in [4.69, 9.17) is 11.6 Å². The molecule has 1 atom stereocenters. The van der Waals surface area contributed by atoms with Crippen molar-refractivity contribution in [1.29, 1.82) is 0 Å². The Kier molecular flexibility index (Phi) is 4.25. The zero-order valence-electron chi connectivity index (χ0n) is 11.7. The quantitative estimate of drug-likeness (QED) is 0.687. The summed E-state index contributed by atoms with van der Waals surface area (Å²) in [6.45, 7) is 0. The number of alkyl halides is 1. The topological polar surface area (TPSA) is 46.9 Å². The Morgan fingerprint density at radius 1 is 1.24 bits per heavy atom. The Morgan fingerprint density at radius 2 is 1.95 bits per heavy atom. The van der Waals surface area contributed by atoms with E-state index in [1.54, 1.807) is 6.20 Å². The van der Waals surface area contributed by atoms with Gasteiger partial charge in [-0.05, 0) is 24.5 Å². The molecule has 4 nitrogen and oxygen atoms in total. The largest absolute Gasteiger partial charge is 0.343 e. The molecule has 0 bridgehead atoms. The average Bonchev–Trinajstić information content (AvgIpc) is 3.18. The number of nitrogens with zero attached hydrogens (tertiary/aromatic N) is 2. The highest BCUT2D eigenvalue weighted by molar-refractivity contribution is 6.21. The Labute approximate surface area is 129 Å². The highest BCUT2D eigenvalue weighted by atomic mass is 35.5. The van der Waals surface area contributed by atoms with Crippen LogP contribution in [0.3, 0.4) is 0 Å². The summed E-state index contributed by atoms with van der Waals surface area (Å²) in [6.07, 6.45) is 6.38. The Hall–Kier alpha value is -1.81. The molecular weight excluding hydrogens is 286 g/mol. The fourth-order valence-electron chi connectivity index (χ4n) is 2.89. The molecule has 0 spiro atoms. The summed E-state index contributed by atoms with van der Waals surface area (Å²) < 4.78 is 1.45. The van der Waals surface area contributed by atoms with Crippen LogP contribution in [0.25, 0.3) is 0 Å². The SMILES string of the molecule is O=C(NC(Cl)c1ccccc1)n1nccc1C1CCCC1. The van der Waals surface area contributed by atoms with Crippen molar-refractivity contribution < 1.29 is 4.79 Å². The first-order chi connectivity index (χ1) is 10.3. The predicted octanol–water partition coefficient (Wildman–Crippen LogP) is 4.04. The maximum absolute atomic E-state index is 12.4. The Balaban J connectivity index is 1.72. The third-order valence-electron chi connectivity index (χ3n) is 3.98. The van der Waals surface area contributed by atoms with E-state index in [-0.39, 0.29) is 6.03 Å². The molecule has 0 saturated heterocycles. The van der Waals surface area contributed by atoms with Crippen LogP contribution in [0.2, 0.25) is 0 Å². The van der Waals surface area contributed by atoms with E-state index in [1.807, 2.05) is 36.4 Å². The number of carbonyl (C=O) groups is 1. The number of hydrogen-bond acceptors (Lipinski definition) is 2. The van der Waals surface area contributed by atoms with Crippen molar-refractivity contribution in [2.24, 2.45) is 0 Å². The van der Waals surface area contributed by atoms with Gasteiger partial charge in [0.05, 0.1) is 5.69 Å². The molecule has 1 N–H and O–H groups in total. The molecule has 1 aliphatic carbocycles. The third kappa shape index (κ3) is 3.10. The fourth-order valence-corrected chi connectivity index (χ4v) is 3.13. The van der Waals surface area contributed by atoms with E-state index < -0.39 is 5.50 Å². The predicted molar refractivity (Wildman–Crippen MR) is 82.4 cm³/mol. The van der Waals surface area contributed by atoms with Gasteiger partial charge in [-0.3, -0.25) is 0 Å². The van der Waals surface area contributed by atoms with Crippen LogP contribution in [-0.2, 0) is 0 Å². The van der Waals surface area contributed by atoms with Crippen molar-refractivity contribution in [3.8, 4) is 0 Å². The van der Waals surface area contributed by atoms with Gasteiger partial charge in [0.15, 0.2) is 0 Å². The van der Waals surface area contributed by atoms with E-state index in [9.17, 15) is 4.79 Å². The van der Waals surface area contributed by atoms with Crippen molar-refractivity contribution >= 4 is 17.6 Å². The molecule has 1 amide bonds. The molecule has 21 heavy (non-hydrogen) atoms.